The van der Waals surface area contributed by atoms with Crippen LogP contribution in [0.2, 0.25) is 0 Å². The summed E-state index contributed by atoms with van der Waals surface area (Å²) >= 11 is 0. The van der Waals surface area contributed by atoms with Gasteiger partial charge in [0, 0.05) is 12.4 Å². The fourth-order valence-electron chi connectivity index (χ4n) is 0.747. The van der Waals surface area contributed by atoms with Crippen molar-refractivity contribution in [3.8, 4) is 11.8 Å². The van der Waals surface area contributed by atoms with E-state index in [2.05, 4.69) is 4.98 Å². The topological polar surface area (TPSA) is 66.1 Å². The summed E-state index contributed by atoms with van der Waals surface area (Å²) in [7, 11) is 0. The first-order chi connectivity index (χ1) is 5.88. The second kappa shape index (κ2) is 4.31. The standard InChI is InChI=1S/C8H8N2O2/c9-5-7-6-10-2-1-8(7)12-4-3-11/h1-2,6,11H,3-4H2. The molecule has 1 aromatic heterocycles. The smallest absolute Gasteiger partial charge is 0.140 e. The maximum absolute atomic E-state index is 8.59. The SMILES string of the molecule is N#Cc1cnccc1OCCO. The van der Waals surface area contributed by atoms with Gasteiger partial charge in [0.2, 0.25) is 0 Å². The summed E-state index contributed by atoms with van der Waals surface area (Å²) in [4.78, 5) is 3.76. The van der Waals surface area contributed by atoms with E-state index >= 15 is 0 Å². The van der Waals surface area contributed by atoms with Gasteiger partial charge in [-0.25, -0.2) is 0 Å². The van der Waals surface area contributed by atoms with Crippen LogP contribution in [0.1, 0.15) is 5.56 Å². The number of rotatable bonds is 3. The Morgan fingerprint density at radius 3 is 3.17 bits per heavy atom. The molecule has 0 aliphatic carbocycles. The minimum absolute atomic E-state index is 0.0623. The molecule has 0 unspecified atom stereocenters. The van der Waals surface area contributed by atoms with Crippen molar-refractivity contribution in [1.29, 1.82) is 5.26 Å². The summed E-state index contributed by atoms with van der Waals surface area (Å²) in [6.07, 6.45) is 2.96. The Bertz CT molecular complexity index is 293. The Hall–Kier alpha value is -1.60. The van der Waals surface area contributed by atoms with Crippen LogP contribution in [0.4, 0.5) is 0 Å². The molecule has 0 fully saturated rings. The highest BCUT2D eigenvalue weighted by atomic mass is 16.5. The third kappa shape index (κ3) is 1.94. The van der Waals surface area contributed by atoms with Gasteiger partial charge in [0.25, 0.3) is 0 Å². The maximum atomic E-state index is 8.59. The van der Waals surface area contributed by atoms with Gasteiger partial charge < -0.3 is 9.84 Å². The van der Waals surface area contributed by atoms with Crippen molar-refractivity contribution < 1.29 is 9.84 Å². The zero-order valence-electron chi connectivity index (χ0n) is 6.40. The highest BCUT2D eigenvalue weighted by molar-refractivity contribution is 5.39. The van der Waals surface area contributed by atoms with Crippen molar-refractivity contribution in [2.24, 2.45) is 0 Å². The number of hydrogen-bond donors (Lipinski definition) is 1. The van der Waals surface area contributed by atoms with E-state index < -0.39 is 0 Å². The van der Waals surface area contributed by atoms with Gasteiger partial charge in [-0.2, -0.15) is 5.26 Å². The maximum Gasteiger partial charge on any atom is 0.140 e. The van der Waals surface area contributed by atoms with Crippen LogP contribution in [-0.4, -0.2) is 23.3 Å². The van der Waals surface area contributed by atoms with E-state index in [1.807, 2.05) is 6.07 Å². The summed E-state index contributed by atoms with van der Waals surface area (Å²) in [6.45, 7) is 0.131. The zero-order chi connectivity index (χ0) is 8.81. The van der Waals surface area contributed by atoms with Gasteiger partial charge in [0.15, 0.2) is 0 Å². The van der Waals surface area contributed by atoms with E-state index in [-0.39, 0.29) is 13.2 Å². The first kappa shape index (κ1) is 8.50. The van der Waals surface area contributed by atoms with Gasteiger partial charge >= 0.3 is 0 Å². The number of ether oxygens (including phenoxy) is 1. The van der Waals surface area contributed by atoms with Gasteiger partial charge in [-0.3, -0.25) is 4.98 Å². The number of aliphatic hydroxyl groups excluding tert-OH is 1. The molecule has 1 aromatic rings. The molecule has 0 amide bonds. The van der Waals surface area contributed by atoms with E-state index in [4.69, 9.17) is 15.1 Å². The van der Waals surface area contributed by atoms with Crippen molar-refractivity contribution in [2.75, 3.05) is 13.2 Å². The van der Waals surface area contributed by atoms with Crippen LogP contribution < -0.4 is 4.74 Å². The lowest BCUT2D eigenvalue weighted by atomic mass is 10.3. The fourth-order valence-corrected chi connectivity index (χ4v) is 0.747. The molecule has 0 saturated heterocycles. The van der Waals surface area contributed by atoms with Crippen LogP contribution in [-0.2, 0) is 0 Å². The number of nitrogens with zero attached hydrogens (tertiary/aromatic N) is 2. The molecular formula is C8H8N2O2. The summed E-state index contributed by atoms with van der Waals surface area (Å²) in [6, 6.07) is 3.53. The average molecular weight is 164 g/mol. The molecule has 0 radical (unpaired) electrons. The summed E-state index contributed by atoms with van der Waals surface area (Å²) in [5.74, 6) is 0.460. The van der Waals surface area contributed by atoms with Crippen LogP contribution in [0, 0.1) is 11.3 Å². The molecule has 0 atom stereocenters. The van der Waals surface area contributed by atoms with Crippen LogP contribution in [0.15, 0.2) is 18.5 Å². The van der Waals surface area contributed by atoms with E-state index in [0.29, 0.717) is 11.3 Å². The second-order valence-corrected chi connectivity index (χ2v) is 2.06. The quantitative estimate of drug-likeness (QED) is 0.698. The van der Waals surface area contributed by atoms with Crippen molar-refractivity contribution >= 4 is 0 Å². The zero-order valence-corrected chi connectivity index (χ0v) is 6.40. The Morgan fingerprint density at radius 1 is 1.67 bits per heavy atom. The largest absolute Gasteiger partial charge is 0.490 e. The number of aromatic nitrogens is 1. The van der Waals surface area contributed by atoms with Crippen molar-refractivity contribution in [2.45, 2.75) is 0 Å². The predicted octanol–water partition coefficient (Wildman–Crippen LogP) is 0.324. The molecule has 1 rings (SSSR count). The summed E-state index contributed by atoms with van der Waals surface area (Å²) in [5.41, 5.74) is 0.381. The Kier molecular flexibility index (Phi) is 3.05. The molecule has 4 nitrogen and oxygen atoms in total. The van der Waals surface area contributed by atoms with Gasteiger partial charge in [-0.15, -0.1) is 0 Å². The second-order valence-electron chi connectivity index (χ2n) is 2.06. The highest BCUT2D eigenvalue weighted by Crippen LogP contribution is 2.14. The first-order valence-electron chi connectivity index (χ1n) is 3.46. The van der Waals surface area contributed by atoms with Crippen LogP contribution in [0.25, 0.3) is 0 Å². The molecular weight excluding hydrogens is 156 g/mol. The predicted molar refractivity (Wildman–Crippen MR) is 41.5 cm³/mol. The lowest BCUT2D eigenvalue weighted by molar-refractivity contribution is 0.201. The Labute approximate surface area is 70.0 Å². The number of aliphatic hydroxyl groups is 1. The Morgan fingerprint density at radius 2 is 2.50 bits per heavy atom. The third-order valence-corrected chi connectivity index (χ3v) is 1.25. The van der Waals surface area contributed by atoms with Crippen molar-refractivity contribution in [3.05, 3.63) is 24.0 Å². The molecule has 12 heavy (non-hydrogen) atoms. The summed E-state index contributed by atoms with van der Waals surface area (Å²) in [5, 5.41) is 17.1. The van der Waals surface area contributed by atoms with Crippen LogP contribution in [0.3, 0.4) is 0 Å². The van der Waals surface area contributed by atoms with Gasteiger partial charge in [0.1, 0.15) is 24.0 Å². The molecule has 0 bridgehead atoms. The first-order valence-corrected chi connectivity index (χ1v) is 3.46. The number of nitriles is 1. The lowest BCUT2D eigenvalue weighted by Crippen LogP contribution is -2.02. The highest BCUT2D eigenvalue weighted by Gasteiger charge is 2.00. The van der Waals surface area contributed by atoms with Gasteiger partial charge in [0.05, 0.1) is 6.61 Å². The normalized spacial score (nSPS) is 9.00. The molecule has 0 saturated carbocycles. The number of pyridine rings is 1. The van der Waals surface area contributed by atoms with E-state index in [1.54, 1.807) is 6.07 Å². The fraction of sp³-hybridized carbons (Fsp3) is 0.250. The molecule has 1 heterocycles. The molecule has 0 aromatic carbocycles. The third-order valence-electron chi connectivity index (χ3n) is 1.25. The van der Waals surface area contributed by atoms with E-state index in [0.717, 1.165) is 0 Å². The molecule has 4 heteroatoms. The van der Waals surface area contributed by atoms with Gasteiger partial charge in [-0.1, -0.05) is 0 Å². The minimum atomic E-state index is -0.0623. The molecule has 1 N–H and O–H groups in total. The van der Waals surface area contributed by atoms with E-state index in [1.165, 1.54) is 12.4 Å². The van der Waals surface area contributed by atoms with Crippen molar-refractivity contribution in [1.82, 2.24) is 4.98 Å². The number of hydrogen-bond acceptors (Lipinski definition) is 4. The molecule has 0 aliphatic heterocycles. The molecule has 0 spiro atoms. The Balaban J connectivity index is 2.77. The summed E-state index contributed by atoms with van der Waals surface area (Å²) < 4.78 is 5.06. The van der Waals surface area contributed by atoms with Gasteiger partial charge in [-0.05, 0) is 6.07 Å². The molecule has 0 aliphatic rings. The average Bonchev–Trinajstić information content (AvgIpc) is 2.15. The monoisotopic (exact) mass is 164 g/mol. The van der Waals surface area contributed by atoms with E-state index in [9.17, 15) is 0 Å². The van der Waals surface area contributed by atoms with Crippen molar-refractivity contribution in [3.63, 3.8) is 0 Å². The molecule has 62 valence electrons. The van der Waals surface area contributed by atoms with Crippen LogP contribution in [0.5, 0.6) is 5.75 Å². The minimum Gasteiger partial charge on any atom is -0.490 e. The van der Waals surface area contributed by atoms with Crippen LogP contribution >= 0.6 is 0 Å². The lowest BCUT2D eigenvalue weighted by Gasteiger charge is -2.03.